The largest absolute Gasteiger partial charge is 0.305 e. The average Bonchev–Trinajstić information content (AvgIpc) is 2.74. The number of thiophene rings is 1. The van der Waals surface area contributed by atoms with E-state index in [9.17, 15) is 0 Å². The Kier molecular flexibility index (Phi) is 5.29. The van der Waals surface area contributed by atoms with Crippen LogP contribution in [0.15, 0.2) is 34.8 Å². The Labute approximate surface area is 140 Å². The van der Waals surface area contributed by atoms with Gasteiger partial charge >= 0.3 is 0 Å². The summed E-state index contributed by atoms with van der Waals surface area (Å²) < 4.78 is 1.21. The molecule has 1 nitrogen and oxygen atoms in total. The van der Waals surface area contributed by atoms with E-state index in [0.717, 1.165) is 6.54 Å². The summed E-state index contributed by atoms with van der Waals surface area (Å²) in [4.78, 5) is 2.71. The molecule has 21 heavy (non-hydrogen) atoms. The second-order valence-corrected chi connectivity index (χ2v) is 8.79. The monoisotopic (exact) mass is 365 g/mol. The second-order valence-electron chi connectivity index (χ2n) is 6.59. The molecule has 1 atom stereocenters. The summed E-state index contributed by atoms with van der Waals surface area (Å²) in [7, 11) is 0. The van der Waals surface area contributed by atoms with Crippen molar-refractivity contribution in [2.45, 2.75) is 52.6 Å². The summed E-state index contributed by atoms with van der Waals surface area (Å²) in [5.74, 6) is 0. The van der Waals surface area contributed by atoms with Crippen LogP contribution in [0.5, 0.6) is 0 Å². The van der Waals surface area contributed by atoms with Gasteiger partial charge in [-0.1, -0.05) is 45.0 Å². The van der Waals surface area contributed by atoms with Crippen molar-refractivity contribution >= 4 is 27.3 Å². The highest BCUT2D eigenvalue weighted by Gasteiger charge is 2.14. The summed E-state index contributed by atoms with van der Waals surface area (Å²) >= 11 is 5.43. The predicted molar refractivity (Wildman–Crippen MR) is 97.2 cm³/mol. The Bertz CT molecular complexity index is 573. The molecule has 0 saturated carbocycles. The van der Waals surface area contributed by atoms with Crippen LogP contribution in [0.1, 0.15) is 54.6 Å². The number of rotatable bonds is 4. The zero-order valence-corrected chi connectivity index (χ0v) is 15.9. The molecule has 0 aliphatic carbocycles. The zero-order valence-electron chi connectivity index (χ0n) is 13.5. The van der Waals surface area contributed by atoms with Gasteiger partial charge in [0.15, 0.2) is 0 Å². The van der Waals surface area contributed by atoms with Crippen LogP contribution in [0.2, 0.25) is 0 Å². The Morgan fingerprint density at radius 3 is 2.29 bits per heavy atom. The standard InChI is InChI=1S/C18H24BrNS/c1-12(20-11-16-10-17(19)13(2)21-16)14-6-8-15(9-7-14)18(3,4)5/h6-10,12,20H,11H2,1-5H3. The number of nitrogens with one attached hydrogen (secondary N) is 1. The van der Waals surface area contributed by atoms with E-state index in [1.165, 1.54) is 25.4 Å². The first-order chi connectivity index (χ1) is 9.77. The van der Waals surface area contributed by atoms with Gasteiger partial charge in [0.2, 0.25) is 0 Å². The quantitative estimate of drug-likeness (QED) is 0.703. The van der Waals surface area contributed by atoms with Crippen molar-refractivity contribution in [2.75, 3.05) is 0 Å². The Hall–Kier alpha value is -0.640. The summed E-state index contributed by atoms with van der Waals surface area (Å²) in [6, 6.07) is 11.6. The maximum atomic E-state index is 3.60. The Morgan fingerprint density at radius 1 is 1.19 bits per heavy atom. The molecule has 0 aliphatic rings. The molecule has 0 saturated heterocycles. The lowest BCUT2D eigenvalue weighted by atomic mass is 9.86. The minimum Gasteiger partial charge on any atom is -0.305 e. The van der Waals surface area contributed by atoms with E-state index >= 15 is 0 Å². The Morgan fingerprint density at radius 2 is 1.81 bits per heavy atom. The smallest absolute Gasteiger partial charge is 0.0314 e. The molecular formula is C18H24BrNS. The van der Waals surface area contributed by atoms with Crippen LogP contribution in [-0.4, -0.2) is 0 Å². The lowest BCUT2D eigenvalue weighted by Gasteiger charge is -2.20. The van der Waals surface area contributed by atoms with E-state index in [0.29, 0.717) is 6.04 Å². The summed E-state index contributed by atoms with van der Waals surface area (Å²) in [6.07, 6.45) is 0. The lowest BCUT2D eigenvalue weighted by molar-refractivity contribution is 0.572. The van der Waals surface area contributed by atoms with Gasteiger partial charge in [-0.15, -0.1) is 11.3 Å². The van der Waals surface area contributed by atoms with Crippen LogP contribution >= 0.6 is 27.3 Å². The van der Waals surface area contributed by atoms with E-state index in [2.05, 4.69) is 86.2 Å². The second kappa shape index (κ2) is 6.64. The summed E-state index contributed by atoms with van der Waals surface area (Å²) in [5, 5.41) is 3.60. The fourth-order valence-electron chi connectivity index (χ4n) is 2.25. The molecular weight excluding hydrogens is 342 g/mol. The molecule has 1 aromatic heterocycles. The molecule has 1 N–H and O–H groups in total. The van der Waals surface area contributed by atoms with Crippen LogP contribution in [-0.2, 0) is 12.0 Å². The van der Waals surface area contributed by atoms with E-state index in [1.54, 1.807) is 0 Å². The number of hydrogen-bond donors (Lipinski definition) is 1. The van der Waals surface area contributed by atoms with Crippen LogP contribution in [0.25, 0.3) is 0 Å². The van der Waals surface area contributed by atoms with Gasteiger partial charge in [-0.25, -0.2) is 0 Å². The molecule has 1 heterocycles. The van der Waals surface area contributed by atoms with Gasteiger partial charge in [-0.3, -0.25) is 0 Å². The van der Waals surface area contributed by atoms with E-state index < -0.39 is 0 Å². The van der Waals surface area contributed by atoms with Gasteiger partial charge in [0.1, 0.15) is 0 Å². The van der Waals surface area contributed by atoms with Crippen molar-refractivity contribution in [1.82, 2.24) is 5.32 Å². The van der Waals surface area contributed by atoms with Crippen LogP contribution in [0.4, 0.5) is 0 Å². The summed E-state index contributed by atoms with van der Waals surface area (Å²) in [5.41, 5.74) is 2.95. The van der Waals surface area contributed by atoms with Gasteiger partial charge in [0, 0.05) is 26.8 Å². The molecule has 3 heteroatoms. The van der Waals surface area contributed by atoms with Crippen molar-refractivity contribution in [3.05, 3.63) is 55.7 Å². The van der Waals surface area contributed by atoms with Gasteiger partial charge in [-0.05, 0) is 52.4 Å². The molecule has 1 unspecified atom stereocenters. The van der Waals surface area contributed by atoms with Crippen molar-refractivity contribution in [3.8, 4) is 0 Å². The number of aryl methyl sites for hydroxylation is 1. The van der Waals surface area contributed by atoms with Gasteiger partial charge in [0.25, 0.3) is 0 Å². The minimum absolute atomic E-state index is 0.218. The Balaban J connectivity index is 1.98. The molecule has 0 amide bonds. The first kappa shape index (κ1) is 16.7. The van der Waals surface area contributed by atoms with Crippen molar-refractivity contribution in [3.63, 3.8) is 0 Å². The molecule has 0 radical (unpaired) electrons. The molecule has 0 spiro atoms. The van der Waals surface area contributed by atoms with Gasteiger partial charge in [-0.2, -0.15) is 0 Å². The lowest BCUT2D eigenvalue weighted by Crippen LogP contribution is -2.18. The molecule has 2 rings (SSSR count). The molecule has 114 valence electrons. The van der Waals surface area contributed by atoms with Crippen LogP contribution in [0, 0.1) is 6.92 Å². The first-order valence-corrected chi connectivity index (χ1v) is 8.97. The number of hydrogen-bond acceptors (Lipinski definition) is 2. The highest BCUT2D eigenvalue weighted by Crippen LogP contribution is 2.27. The summed E-state index contributed by atoms with van der Waals surface area (Å²) in [6.45, 7) is 12.0. The highest BCUT2D eigenvalue weighted by atomic mass is 79.9. The zero-order chi connectivity index (χ0) is 15.6. The normalized spacial score (nSPS) is 13.4. The molecule has 0 bridgehead atoms. The third-order valence-corrected chi connectivity index (χ3v) is 5.90. The minimum atomic E-state index is 0.218. The van der Waals surface area contributed by atoms with E-state index in [4.69, 9.17) is 0 Å². The topological polar surface area (TPSA) is 12.0 Å². The third kappa shape index (κ3) is 4.41. The fourth-order valence-corrected chi connectivity index (χ4v) is 3.80. The molecule has 0 aliphatic heterocycles. The fraction of sp³-hybridized carbons (Fsp3) is 0.444. The SMILES string of the molecule is Cc1sc(CNC(C)c2ccc(C(C)(C)C)cc2)cc1Br. The number of benzene rings is 1. The first-order valence-electron chi connectivity index (χ1n) is 7.36. The third-order valence-electron chi connectivity index (χ3n) is 3.77. The molecule has 0 fully saturated rings. The van der Waals surface area contributed by atoms with Gasteiger partial charge < -0.3 is 5.32 Å². The average molecular weight is 366 g/mol. The predicted octanol–water partition coefficient (Wildman–Crippen LogP) is 5.97. The van der Waals surface area contributed by atoms with Gasteiger partial charge in [0.05, 0.1) is 0 Å². The molecule has 1 aromatic carbocycles. The highest BCUT2D eigenvalue weighted by molar-refractivity contribution is 9.10. The number of halogens is 1. The maximum absolute atomic E-state index is 3.60. The maximum Gasteiger partial charge on any atom is 0.0314 e. The van der Waals surface area contributed by atoms with E-state index in [1.807, 2.05) is 11.3 Å². The molecule has 2 aromatic rings. The van der Waals surface area contributed by atoms with Crippen molar-refractivity contribution in [2.24, 2.45) is 0 Å². The van der Waals surface area contributed by atoms with Crippen molar-refractivity contribution in [1.29, 1.82) is 0 Å². The van der Waals surface area contributed by atoms with Crippen molar-refractivity contribution < 1.29 is 0 Å². The van der Waals surface area contributed by atoms with E-state index in [-0.39, 0.29) is 5.41 Å². The van der Waals surface area contributed by atoms with Crippen LogP contribution < -0.4 is 5.32 Å². The van der Waals surface area contributed by atoms with Crippen LogP contribution in [0.3, 0.4) is 0 Å².